The van der Waals surface area contributed by atoms with Gasteiger partial charge in [0.05, 0.1) is 22.5 Å². The molecule has 1 fully saturated rings. The normalized spacial score (nSPS) is 16.5. The number of likely N-dealkylation sites (N-methyl/N-ethyl adjacent to an activating group) is 1. The third-order valence-electron chi connectivity index (χ3n) is 6.89. The molecular weight excluding hydrogens is 541 g/mol. The number of hydrogen-bond donors (Lipinski definition) is 1. The van der Waals surface area contributed by atoms with Crippen molar-refractivity contribution in [2.24, 2.45) is 11.0 Å². The van der Waals surface area contributed by atoms with E-state index in [9.17, 15) is 18.0 Å². The van der Waals surface area contributed by atoms with Crippen LogP contribution in [0.3, 0.4) is 0 Å². The SMILES string of the molecule is C=C1C=CC=NN1/C(C#Cc1cc(C(=O)Nc2ccc(CN3CCN(C)CC3)c(C(F)(F)F)c2)cnc1C)=C\C(C)C. The molecule has 220 valence electrons. The molecule has 7 nitrogen and oxygen atoms in total. The summed E-state index contributed by atoms with van der Waals surface area (Å²) in [5, 5.41) is 8.58. The minimum atomic E-state index is -4.56. The molecule has 1 saturated heterocycles. The molecule has 42 heavy (non-hydrogen) atoms. The molecule has 0 spiro atoms. The molecule has 0 saturated carbocycles. The average molecular weight is 577 g/mol. The van der Waals surface area contributed by atoms with Crippen LogP contribution in [0, 0.1) is 24.7 Å². The number of amides is 1. The summed E-state index contributed by atoms with van der Waals surface area (Å²) in [6.45, 7) is 13.0. The van der Waals surface area contributed by atoms with Crippen LogP contribution in [-0.4, -0.2) is 65.1 Å². The smallest absolute Gasteiger partial charge is 0.322 e. The third kappa shape index (κ3) is 7.96. The van der Waals surface area contributed by atoms with E-state index in [1.165, 1.54) is 18.3 Å². The highest BCUT2D eigenvalue weighted by Gasteiger charge is 2.34. The predicted octanol–water partition coefficient (Wildman–Crippen LogP) is 5.67. The van der Waals surface area contributed by atoms with E-state index in [0.29, 0.717) is 35.7 Å². The summed E-state index contributed by atoms with van der Waals surface area (Å²) in [4.78, 5) is 21.6. The molecule has 0 bridgehead atoms. The van der Waals surface area contributed by atoms with Gasteiger partial charge >= 0.3 is 6.18 Å². The summed E-state index contributed by atoms with van der Waals surface area (Å²) in [6, 6.07) is 5.52. The Kier molecular flexibility index (Phi) is 9.66. The Morgan fingerprint density at radius 2 is 1.93 bits per heavy atom. The second-order valence-corrected chi connectivity index (χ2v) is 10.7. The van der Waals surface area contributed by atoms with Gasteiger partial charge in [-0.2, -0.15) is 18.3 Å². The highest BCUT2D eigenvalue weighted by atomic mass is 19.4. The average Bonchev–Trinajstić information content (AvgIpc) is 2.93. The third-order valence-corrected chi connectivity index (χ3v) is 6.89. The van der Waals surface area contributed by atoms with Crippen LogP contribution in [0.5, 0.6) is 0 Å². The first-order chi connectivity index (χ1) is 19.9. The first-order valence-electron chi connectivity index (χ1n) is 13.7. The zero-order chi connectivity index (χ0) is 30.4. The van der Waals surface area contributed by atoms with Crippen LogP contribution in [-0.2, 0) is 12.7 Å². The Morgan fingerprint density at radius 3 is 2.60 bits per heavy atom. The summed E-state index contributed by atoms with van der Waals surface area (Å²) in [5.41, 5.74) is 2.07. The van der Waals surface area contributed by atoms with E-state index in [2.05, 4.69) is 38.7 Å². The molecule has 4 rings (SSSR count). The van der Waals surface area contributed by atoms with Gasteiger partial charge in [0.15, 0.2) is 0 Å². The molecule has 0 unspecified atom stereocenters. The Bertz CT molecular complexity index is 1490. The number of nitrogens with one attached hydrogen (secondary N) is 1. The first kappa shape index (κ1) is 30.8. The van der Waals surface area contributed by atoms with Crippen molar-refractivity contribution in [2.75, 3.05) is 38.5 Å². The molecule has 3 heterocycles. The fourth-order valence-electron chi connectivity index (χ4n) is 4.52. The van der Waals surface area contributed by atoms with E-state index >= 15 is 0 Å². The largest absolute Gasteiger partial charge is 0.416 e. The monoisotopic (exact) mass is 576 g/mol. The van der Waals surface area contributed by atoms with Gasteiger partial charge in [-0.15, -0.1) is 0 Å². The van der Waals surface area contributed by atoms with Crippen molar-refractivity contribution in [3.63, 3.8) is 0 Å². The number of benzene rings is 1. The van der Waals surface area contributed by atoms with Gasteiger partial charge in [-0.05, 0) is 67.8 Å². The number of piperazine rings is 1. The van der Waals surface area contributed by atoms with Gasteiger partial charge in [0.1, 0.15) is 5.70 Å². The molecule has 10 heteroatoms. The summed E-state index contributed by atoms with van der Waals surface area (Å²) in [7, 11) is 2.00. The van der Waals surface area contributed by atoms with Gasteiger partial charge < -0.3 is 10.2 Å². The molecule has 0 aliphatic carbocycles. The van der Waals surface area contributed by atoms with Crippen LogP contribution in [0.15, 0.2) is 71.8 Å². The maximum absolute atomic E-state index is 14.0. The number of hydrazone groups is 1. The fraction of sp³-hybridized carbons (Fsp3) is 0.344. The molecule has 1 aromatic heterocycles. The number of anilines is 1. The minimum absolute atomic E-state index is 0.0549. The lowest BCUT2D eigenvalue weighted by molar-refractivity contribution is -0.138. The standard InChI is InChI=1S/C32H35F3N6O/c1-22(2)17-29(41-23(3)7-6-12-37-41)11-9-25-18-27(20-36-24(25)4)31(42)38-28-10-8-26(30(19-28)32(33,34)35)21-40-15-13-39(5)14-16-40/h6-8,10,12,17-20,22H,3,13-16,21H2,1-2,4-5H3,(H,38,42)/b29-17-. The zero-order valence-corrected chi connectivity index (χ0v) is 24.3. The van der Waals surface area contributed by atoms with Gasteiger partial charge in [0, 0.05) is 56.4 Å². The van der Waals surface area contributed by atoms with Crippen LogP contribution in [0.25, 0.3) is 0 Å². The Morgan fingerprint density at radius 1 is 1.19 bits per heavy atom. The van der Waals surface area contributed by atoms with Crippen LogP contribution in [0.1, 0.15) is 46.6 Å². The van der Waals surface area contributed by atoms with Crippen molar-refractivity contribution in [3.05, 3.63) is 94.6 Å². The van der Waals surface area contributed by atoms with Crippen LogP contribution >= 0.6 is 0 Å². The van der Waals surface area contributed by atoms with Crippen LogP contribution in [0.4, 0.5) is 18.9 Å². The number of carbonyl (C=O) groups is 1. The first-order valence-corrected chi connectivity index (χ1v) is 13.7. The van der Waals surface area contributed by atoms with Crippen LogP contribution in [0.2, 0.25) is 0 Å². The van der Waals surface area contributed by atoms with Gasteiger partial charge in [0.25, 0.3) is 5.91 Å². The minimum Gasteiger partial charge on any atom is -0.322 e. The van der Waals surface area contributed by atoms with E-state index in [0.717, 1.165) is 19.2 Å². The second-order valence-electron chi connectivity index (χ2n) is 10.7. The number of pyridine rings is 1. The van der Waals surface area contributed by atoms with Crippen molar-refractivity contribution in [1.82, 2.24) is 19.8 Å². The Hall–Kier alpha value is -4.20. The highest BCUT2D eigenvalue weighted by molar-refractivity contribution is 6.04. The molecule has 1 amide bonds. The van der Waals surface area contributed by atoms with Gasteiger partial charge in [-0.3, -0.25) is 14.7 Å². The molecule has 1 N–H and O–H groups in total. The number of hydrogen-bond acceptors (Lipinski definition) is 6. The van der Waals surface area contributed by atoms with E-state index in [1.54, 1.807) is 30.3 Å². The maximum Gasteiger partial charge on any atom is 0.416 e. The fourth-order valence-corrected chi connectivity index (χ4v) is 4.52. The van der Waals surface area contributed by atoms with Gasteiger partial charge in [-0.1, -0.05) is 32.4 Å². The van der Waals surface area contributed by atoms with E-state index < -0.39 is 17.6 Å². The summed E-state index contributed by atoms with van der Waals surface area (Å²) < 4.78 is 42.0. The number of aryl methyl sites for hydroxylation is 1. The van der Waals surface area contributed by atoms with Gasteiger partial charge in [-0.25, -0.2) is 5.01 Å². The number of nitrogens with zero attached hydrogens (tertiary/aromatic N) is 5. The van der Waals surface area contributed by atoms with Crippen molar-refractivity contribution in [3.8, 4) is 11.8 Å². The molecule has 2 aromatic rings. The molecule has 0 radical (unpaired) electrons. The number of rotatable bonds is 6. The summed E-state index contributed by atoms with van der Waals surface area (Å²) >= 11 is 0. The molecule has 1 aromatic carbocycles. The highest BCUT2D eigenvalue weighted by Crippen LogP contribution is 2.34. The molecule has 0 atom stereocenters. The quantitative estimate of drug-likeness (QED) is 0.449. The molecular formula is C32H35F3N6O. The summed E-state index contributed by atoms with van der Waals surface area (Å²) in [6.07, 6.45) is 4.04. The lowest BCUT2D eigenvalue weighted by atomic mass is 10.0. The van der Waals surface area contributed by atoms with E-state index in [-0.39, 0.29) is 29.3 Å². The van der Waals surface area contributed by atoms with E-state index in [4.69, 9.17) is 0 Å². The van der Waals surface area contributed by atoms with Crippen LogP contribution < -0.4 is 5.32 Å². The predicted molar refractivity (Wildman–Crippen MR) is 160 cm³/mol. The van der Waals surface area contributed by atoms with Crippen molar-refractivity contribution < 1.29 is 18.0 Å². The number of allylic oxidation sites excluding steroid dienone is 4. The van der Waals surface area contributed by atoms with Crippen molar-refractivity contribution >= 4 is 17.8 Å². The second kappa shape index (κ2) is 13.2. The van der Waals surface area contributed by atoms with E-state index in [1.807, 2.05) is 37.9 Å². The maximum atomic E-state index is 14.0. The molecule has 2 aliphatic heterocycles. The number of halogens is 3. The zero-order valence-electron chi connectivity index (χ0n) is 24.3. The Balaban J connectivity index is 1.55. The Labute approximate surface area is 245 Å². The topological polar surface area (TPSA) is 64.1 Å². The lowest BCUT2D eigenvalue weighted by Crippen LogP contribution is -2.44. The van der Waals surface area contributed by atoms with Crippen molar-refractivity contribution in [1.29, 1.82) is 0 Å². The number of alkyl halides is 3. The number of carbonyl (C=O) groups excluding carboxylic acids is 1. The summed E-state index contributed by atoms with van der Waals surface area (Å²) in [5.74, 6) is 5.80. The van der Waals surface area contributed by atoms with Gasteiger partial charge in [0.2, 0.25) is 0 Å². The van der Waals surface area contributed by atoms with Crippen molar-refractivity contribution in [2.45, 2.75) is 33.5 Å². The molecule has 2 aliphatic rings. The lowest BCUT2D eigenvalue weighted by Gasteiger charge is -2.33. The number of aromatic nitrogens is 1.